The van der Waals surface area contributed by atoms with Crippen LogP contribution in [0.1, 0.15) is 12.8 Å². The van der Waals surface area contributed by atoms with Crippen molar-refractivity contribution < 1.29 is 49.1 Å². The second kappa shape index (κ2) is 6.99. The minimum absolute atomic E-state index is 0.371. The summed E-state index contributed by atoms with van der Waals surface area (Å²) in [5, 5.41) is 34.7. The first kappa shape index (κ1) is 17.2. The summed E-state index contributed by atoms with van der Waals surface area (Å²) in [4.78, 5) is 53.2. The molecule has 110 valence electrons. The first-order valence-electron chi connectivity index (χ1n) is 4.90. The molecule has 0 heterocycles. The lowest BCUT2D eigenvalue weighted by molar-refractivity contribution is -0.173. The fourth-order valence-electron chi connectivity index (χ4n) is 1.02. The van der Waals surface area contributed by atoms with Crippen molar-refractivity contribution in [2.75, 3.05) is 0 Å². The number of carbonyl (C=O) groups excluding carboxylic acids is 2. The lowest BCUT2D eigenvalue weighted by Gasteiger charge is -2.19. The number of rotatable bonds is 7. The molecule has 0 fully saturated rings. The normalized spacial score (nSPS) is 13.4. The molecule has 0 aromatic heterocycles. The van der Waals surface area contributed by atoms with Crippen LogP contribution in [0.5, 0.6) is 0 Å². The van der Waals surface area contributed by atoms with Crippen molar-refractivity contribution in [2.45, 2.75) is 18.4 Å². The van der Waals surface area contributed by atoms with Crippen LogP contribution < -0.4 is 0 Å². The molecule has 1 atom stereocenters. The van der Waals surface area contributed by atoms with Gasteiger partial charge in [0, 0.05) is 12.2 Å². The average molecular weight is 290 g/mol. The van der Waals surface area contributed by atoms with E-state index in [1.807, 2.05) is 0 Å². The summed E-state index contributed by atoms with van der Waals surface area (Å²) < 4.78 is 3.98. The van der Waals surface area contributed by atoms with Crippen LogP contribution in [0.25, 0.3) is 0 Å². The maximum atomic E-state index is 11.2. The molecular weight excluding hydrogens is 280 g/mol. The molecule has 0 saturated heterocycles. The fraction of sp³-hybridized carbons (Fsp3) is 0.300. The van der Waals surface area contributed by atoms with E-state index in [4.69, 9.17) is 15.3 Å². The van der Waals surface area contributed by atoms with Gasteiger partial charge in [-0.1, -0.05) is 0 Å². The van der Waals surface area contributed by atoms with Crippen LogP contribution in [-0.4, -0.2) is 55.9 Å². The first-order chi connectivity index (χ1) is 9.06. The van der Waals surface area contributed by atoms with Crippen LogP contribution in [0.4, 0.5) is 0 Å². The molecule has 0 spiro atoms. The van der Waals surface area contributed by atoms with Gasteiger partial charge in [0.25, 0.3) is 0 Å². The number of carboxylic acids is 3. The van der Waals surface area contributed by atoms with E-state index in [-0.39, 0.29) is 0 Å². The molecule has 20 heavy (non-hydrogen) atoms. The van der Waals surface area contributed by atoms with Crippen molar-refractivity contribution in [1.82, 2.24) is 0 Å². The van der Waals surface area contributed by atoms with Gasteiger partial charge in [-0.2, -0.15) is 0 Å². The molecule has 10 nitrogen and oxygen atoms in total. The number of hydrogen-bond donors (Lipinski definition) is 4. The van der Waals surface area contributed by atoms with Gasteiger partial charge in [-0.15, -0.1) is 0 Å². The minimum atomic E-state index is -2.93. The Hall–Kier alpha value is -2.75. The largest absolute Gasteiger partial charge is 0.481 e. The Balaban J connectivity index is 4.71. The molecular formula is C10H10O10. The van der Waals surface area contributed by atoms with E-state index >= 15 is 0 Å². The van der Waals surface area contributed by atoms with E-state index in [0.717, 1.165) is 0 Å². The number of hydrogen-bond acceptors (Lipinski definition) is 7. The van der Waals surface area contributed by atoms with Gasteiger partial charge in [0.05, 0.1) is 12.8 Å². The Morgan fingerprint density at radius 2 is 1.50 bits per heavy atom. The summed E-state index contributed by atoms with van der Waals surface area (Å²) in [6.07, 6.45) is -1.81. The Morgan fingerprint density at radius 3 is 1.90 bits per heavy atom. The number of aliphatic carboxylic acids is 3. The molecule has 1 unspecified atom stereocenters. The van der Waals surface area contributed by atoms with E-state index in [1.54, 1.807) is 0 Å². The average Bonchev–Trinajstić information content (AvgIpc) is 2.24. The van der Waals surface area contributed by atoms with E-state index in [1.165, 1.54) is 0 Å². The molecule has 0 aliphatic carbocycles. The molecule has 10 heteroatoms. The molecule has 0 aromatic rings. The lowest BCUT2D eigenvalue weighted by atomic mass is 9.96. The van der Waals surface area contributed by atoms with Gasteiger partial charge >= 0.3 is 29.8 Å². The van der Waals surface area contributed by atoms with E-state index in [0.29, 0.717) is 12.2 Å². The summed E-state index contributed by atoms with van der Waals surface area (Å²) in [7, 11) is 0. The van der Waals surface area contributed by atoms with Gasteiger partial charge in [-0.3, -0.25) is 9.59 Å². The van der Waals surface area contributed by atoms with E-state index in [2.05, 4.69) is 4.74 Å². The summed E-state index contributed by atoms with van der Waals surface area (Å²) in [5.41, 5.74) is -2.93. The molecule has 0 amide bonds. The van der Waals surface area contributed by atoms with Gasteiger partial charge in [0.2, 0.25) is 0 Å². The second-order valence-corrected chi connectivity index (χ2v) is 3.55. The van der Waals surface area contributed by atoms with Gasteiger partial charge in [0.1, 0.15) is 0 Å². The number of aliphatic hydroxyl groups is 1. The standard InChI is InChI=1S/C10H10O10/c11-5(12)1-2-7(15)20-8(16)4-10(19,9(17)18)3-6(13)14/h1-2,19H,3-4H2,(H,11,12)(H,13,14)(H,17,18)/b2-1+. The zero-order chi connectivity index (χ0) is 15.9. The van der Waals surface area contributed by atoms with Gasteiger partial charge in [-0.05, 0) is 0 Å². The minimum Gasteiger partial charge on any atom is -0.481 e. The summed E-state index contributed by atoms with van der Waals surface area (Å²) in [6.45, 7) is 0. The summed E-state index contributed by atoms with van der Waals surface area (Å²) in [6, 6.07) is 0. The third-order valence-corrected chi connectivity index (χ3v) is 1.85. The monoisotopic (exact) mass is 290 g/mol. The smallest absolute Gasteiger partial charge is 0.338 e. The Kier molecular flexibility index (Phi) is 6.03. The van der Waals surface area contributed by atoms with Gasteiger partial charge in [0.15, 0.2) is 5.60 Å². The van der Waals surface area contributed by atoms with Crippen molar-refractivity contribution in [3.8, 4) is 0 Å². The molecule has 0 aromatic carbocycles. The topological polar surface area (TPSA) is 175 Å². The quantitative estimate of drug-likeness (QED) is 0.242. The van der Waals surface area contributed by atoms with Gasteiger partial charge < -0.3 is 25.2 Å². The van der Waals surface area contributed by atoms with Crippen molar-refractivity contribution in [3.63, 3.8) is 0 Å². The second-order valence-electron chi connectivity index (χ2n) is 3.55. The first-order valence-corrected chi connectivity index (χ1v) is 4.90. The predicted octanol–water partition coefficient (Wildman–Crippen LogP) is -1.62. The van der Waals surface area contributed by atoms with E-state index < -0.39 is 48.3 Å². The SMILES string of the molecule is O=C(O)/C=C/C(=O)OC(=O)CC(O)(CC(=O)O)C(=O)O. The van der Waals surface area contributed by atoms with Crippen molar-refractivity contribution >= 4 is 29.8 Å². The Morgan fingerprint density at radius 1 is 0.950 bits per heavy atom. The summed E-state index contributed by atoms with van der Waals surface area (Å²) >= 11 is 0. The molecule has 0 saturated carbocycles. The molecule has 0 aliphatic heterocycles. The molecule has 0 rings (SSSR count). The highest BCUT2D eigenvalue weighted by Gasteiger charge is 2.41. The molecule has 0 bridgehead atoms. The highest BCUT2D eigenvalue weighted by atomic mass is 16.6. The van der Waals surface area contributed by atoms with Crippen LogP contribution in [-0.2, 0) is 28.7 Å². The van der Waals surface area contributed by atoms with Crippen LogP contribution in [0.3, 0.4) is 0 Å². The Bertz CT molecular complexity index is 476. The number of carboxylic acid groups (broad SMARTS) is 3. The van der Waals surface area contributed by atoms with Crippen LogP contribution in [0, 0.1) is 0 Å². The maximum absolute atomic E-state index is 11.2. The van der Waals surface area contributed by atoms with Crippen molar-refractivity contribution in [1.29, 1.82) is 0 Å². The number of esters is 2. The molecule has 4 N–H and O–H groups in total. The fourth-order valence-corrected chi connectivity index (χ4v) is 1.02. The summed E-state index contributed by atoms with van der Waals surface area (Å²) in [5.74, 6) is -8.07. The number of carbonyl (C=O) groups is 5. The van der Waals surface area contributed by atoms with Crippen LogP contribution in [0.15, 0.2) is 12.2 Å². The zero-order valence-electron chi connectivity index (χ0n) is 9.81. The highest BCUT2D eigenvalue weighted by molar-refractivity contribution is 5.97. The van der Waals surface area contributed by atoms with Crippen LogP contribution >= 0.6 is 0 Å². The Labute approximate surface area is 110 Å². The highest BCUT2D eigenvalue weighted by Crippen LogP contribution is 2.17. The van der Waals surface area contributed by atoms with E-state index in [9.17, 15) is 29.1 Å². The maximum Gasteiger partial charge on any atom is 0.338 e. The third kappa shape index (κ3) is 6.26. The van der Waals surface area contributed by atoms with Gasteiger partial charge in [-0.25, -0.2) is 14.4 Å². The van der Waals surface area contributed by atoms with Crippen molar-refractivity contribution in [3.05, 3.63) is 12.2 Å². The number of ether oxygens (including phenoxy) is 1. The lowest BCUT2D eigenvalue weighted by Crippen LogP contribution is -2.43. The third-order valence-electron chi connectivity index (χ3n) is 1.85. The molecule has 0 aliphatic rings. The predicted molar refractivity (Wildman–Crippen MR) is 57.3 cm³/mol. The van der Waals surface area contributed by atoms with Crippen LogP contribution in [0.2, 0.25) is 0 Å². The zero-order valence-corrected chi connectivity index (χ0v) is 9.81. The van der Waals surface area contributed by atoms with Crippen molar-refractivity contribution in [2.24, 2.45) is 0 Å². The molecule has 0 radical (unpaired) electrons.